The second kappa shape index (κ2) is 7.66. The molecule has 1 amide bonds. The predicted octanol–water partition coefficient (Wildman–Crippen LogP) is 3.88. The molecule has 5 fully saturated rings. The first kappa shape index (κ1) is 21.1. The molecule has 0 saturated heterocycles. The molecule has 0 unspecified atom stereocenters. The largest absolute Gasteiger partial charge is 0.365 e. The van der Waals surface area contributed by atoms with E-state index in [0.29, 0.717) is 22.6 Å². The molecule has 0 radical (unpaired) electrons. The minimum atomic E-state index is -2.53. The van der Waals surface area contributed by atoms with E-state index in [9.17, 15) is 13.2 Å². The summed E-state index contributed by atoms with van der Waals surface area (Å²) in [5, 5.41) is 3.61. The third-order valence-corrected chi connectivity index (χ3v) is 8.97. The monoisotopic (exact) mass is 459 g/mol. The van der Waals surface area contributed by atoms with E-state index in [1.165, 1.54) is 32.1 Å². The fourth-order valence-electron chi connectivity index (χ4n) is 6.87. The van der Waals surface area contributed by atoms with E-state index in [-0.39, 0.29) is 11.9 Å². The Kier molecular flexibility index (Phi) is 5.20. The molecule has 0 aliphatic heterocycles. The zero-order chi connectivity index (χ0) is 21.9. The van der Waals surface area contributed by atoms with Crippen LogP contribution in [0.25, 0.3) is 0 Å². The van der Waals surface area contributed by atoms with Gasteiger partial charge in [0.15, 0.2) is 5.11 Å². The maximum absolute atomic E-state index is 14.1. The maximum Gasteiger partial charge on any atom is 0.316 e. The number of thiocarbonyl (C=S) groups is 1. The summed E-state index contributed by atoms with van der Waals surface area (Å²) >= 11 is 5.70. The molecule has 0 heterocycles. The van der Waals surface area contributed by atoms with Gasteiger partial charge < -0.3 is 5.32 Å². The van der Waals surface area contributed by atoms with Crippen LogP contribution in [0.3, 0.4) is 0 Å². The van der Waals surface area contributed by atoms with Crippen LogP contribution in [-0.4, -0.2) is 37.4 Å². The first-order chi connectivity index (χ1) is 14.8. The van der Waals surface area contributed by atoms with Crippen LogP contribution >= 0.6 is 12.2 Å². The number of carbonyl (C=O) groups is 1. The Balaban J connectivity index is 1.51. The third kappa shape index (κ3) is 3.52. The lowest BCUT2D eigenvalue weighted by molar-refractivity contribution is -0.139. The highest BCUT2D eigenvalue weighted by atomic mass is 32.2. The molecule has 5 aliphatic carbocycles. The van der Waals surface area contributed by atoms with Crippen molar-refractivity contribution in [3.8, 4) is 0 Å². The van der Waals surface area contributed by atoms with Crippen molar-refractivity contribution in [1.82, 2.24) is 10.2 Å². The second-order valence-electron chi connectivity index (χ2n) is 10.0. The normalized spacial score (nSPS) is 31.7. The van der Waals surface area contributed by atoms with E-state index >= 15 is 0 Å². The Bertz CT molecular complexity index is 1040. The van der Waals surface area contributed by atoms with Crippen LogP contribution in [0.2, 0.25) is 0 Å². The van der Waals surface area contributed by atoms with Crippen LogP contribution in [0, 0.1) is 30.6 Å². The Morgan fingerprint density at radius 3 is 2.26 bits per heavy atom. The van der Waals surface area contributed by atoms with E-state index in [0.717, 1.165) is 35.8 Å². The van der Waals surface area contributed by atoms with Crippen LogP contribution in [0.15, 0.2) is 22.6 Å². The van der Waals surface area contributed by atoms with E-state index in [4.69, 9.17) is 12.2 Å². The molecule has 8 heteroatoms. The van der Waals surface area contributed by atoms with Crippen LogP contribution in [0.4, 0.5) is 5.69 Å². The molecule has 0 spiro atoms. The molecule has 6 nitrogen and oxygen atoms in total. The number of amides is 1. The third-order valence-electron chi connectivity index (χ3n) is 8.22. The van der Waals surface area contributed by atoms with E-state index in [1.807, 2.05) is 24.0 Å². The van der Waals surface area contributed by atoms with E-state index in [1.54, 1.807) is 13.1 Å². The van der Waals surface area contributed by atoms with Gasteiger partial charge in [-0.3, -0.25) is 9.69 Å². The van der Waals surface area contributed by atoms with Crippen molar-refractivity contribution in [3.05, 3.63) is 29.3 Å². The Morgan fingerprint density at radius 1 is 1.13 bits per heavy atom. The molecule has 4 bridgehead atoms. The average Bonchev–Trinajstić information content (AvgIpc) is 3.52. The molecular weight excluding hydrogens is 430 g/mol. The molecule has 1 N–H and O–H groups in total. The van der Waals surface area contributed by atoms with Gasteiger partial charge in [0.05, 0.1) is 11.1 Å². The lowest BCUT2D eigenvalue weighted by atomic mass is 9.54. The Morgan fingerprint density at radius 2 is 1.74 bits per heavy atom. The molecule has 1 aromatic rings. The average molecular weight is 460 g/mol. The number of hydrogen-bond donors (Lipinski definition) is 1. The summed E-state index contributed by atoms with van der Waals surface area (Å²) in [6, 6.07) is 5.76. The Hall–Kier alpha value is -1.80. The van der Waals surface area contributed by atoms with Crippen LogP contribution in [0.5, 0.6) is 0 Å². The number of hydrogen-bond acceptors (Lipinski definition) is 5. The highest BCUT2D eigenvalue weighted by Gasteiger charge is 2.58. The quantitative estimate of drug-likeness (QED) is 0.692. The van der Waals surface area contributed by atoms with Gasteiger partial charge in [0.2, 0.25) is 5.91 Å². The fraction of sp³-hybridized carbons (Fsp3) is 0.652. The smallest absolute Gasteiger partial charge is 0.316 e. The maximum atomic E-state index is 14.1. The Labute approximate surface area is 190 Å². The van der Waals surface area contributed by atoms with Gasteiger partial charge in [-0.25, -0.2) is 0 Å². The predicted molar refractivity (Wildman–Crippen MR) is 122 cm³/mol. The van der Waals surface area contributed by atoms with Crippen LogP contribution in [-0.2, 0) is 20.7 Å². The number of rotatable bonds is 4. The SMILES string of the molecule is CNC(=S)N(C(=O)C1(c2ccc(C)c(N=S(=O)=O)c2)CC1)C1C2CC3CC(C2)CC1C3. The summed E-state index contributed by atoms with van der Waals surface area (Å²) in [4.78, 5) is 16.0. The zero-order valence-electron chi connectivity index (χ0n) is 18.0. The fourth-order valence-corrected chi connectivity index (χ4v) is 7.43. The number of aryl methyl sites for hydroxylation is 1. The first-order valence-corrected chi connectivity index (χ1v) is 12.7. The first-order valence-electron chi connectivity index (χ1n) is 11.3. The summed E-state index contributed by atoms with van der Waals surface area (Å²) in [5.74, 6) is 2.79. The van der Waals surface area contributed by atoms with Gasteiger partial charge in [-0.2, -0.15) is 8.42 Å². The van der Waals surface area contributed by atoms with E-state index in [2.05, 4.69) is 9.68 Å². The van der Waals surface area contributed by atoms with Crippen LogP contribution in [0.1, 0.15) is 56.1 Å². The van der Waals surface area contributed by atoms with Crippen molar-refractivity contribution in [2.24, 2.45) is 28.0 Å². The van der Waals surface area contributed by atoms with Crippen molar-refractivity contribution in [3.63, 3.8) is 0 Å². The molecular formula is C23H29N3O3S2. The summed E-state index contributed by atoms with van der Waals surface area (Å²) < 4.78 is 26.0. The van der Waals surface area contributed by atoms with E-state index < -0.39 is 15.9 Å². The van der Waals surface area contributed by atoms with Gasteiger partial charge in [-0.05, 0) is 105 Å². The minimum Gasteiger partial charge on any atom is -0.365 e. The number of nitrogens with one attached hydrogen (secondary N) is 1. The van der Waals surface area contributed by atoms with Crippen molar-refractivity contribution in [1.29, 1.82) is 0 Å². The molecule has 5 saturated carbocycles. The van der Waals surface area contributed by atoms with Gasteiger partial charge in [0.25, 0.3) is 0 Å². The van der Waals surface area contributed by atoms with Gasteiger partial charge in [0.1, 0.15) is 0 Å². The number of nitrogens with zero attached hydrogens (tertiary/aromatic N) is 2. The highest BCUT2D eigenvalue weighted by Crippen LogP contribution is 2.57. The topological polar surface area (TPSA) is 78.8 Å². The van der Waals surface area contributed by atoms with Crippen molar-refractivity contribution < 1.29 is 13.2 Å². The summed E-state index contributed by atoms with van der Waals surface area (Å²) in [5.41, 5.74) is 1.40. The molecule has 0 atom stereocenters. The van der Waals surface area contributed by atoms with Gasteiger partial charge in [-0.15, -0.1) is 4.36 Å². The lowest BCUT2D eigenvalue weighted by Crippen LogP contribution is -2.62. The van der Waals surface area contributed by atoms with Gasteiger partial charge >= 0.3 is 10.5 Å². The summed E-state index contributed by atoms with van der Waals surface area (Å²) in [7, 11) is -0.731. The van der Waals surface area contributed by atoms with Crippen molar-refractivity contribution in [2.45, 2.75) is 63.3 Å². The molecule has 1 aromatic carbocycles. The number of benzene rings is 1. The molecule has 31 heavy (non-hydrogen) atoms. The molecule has 5 aliphatic rings. The summed E-state index contributed by atoms with van der Waals surface area (Å²) in [6.45, 7) is 1.83. The zero-order valence-corrected chi connectivity index (χ0v) is 19.6. The van der Waals surface area contributed by atoms with Gasteiger partial charge in [-0.1, -0.05) is 12.1 Å². The molecule has 0 aromatic heterocycles. The molecule has 6 rings (SSSR count). The van der Waals surface area contributed by atoms with Crippen molar-refractivity contribution >= 4 is 39.4 Å². The number of carbonyl (C=O) groups excluding carboxylic acids is 1. The standard InChI is InChI=1S/C23H29N3O3S2/c1-13-3-4-18(12-19(13)25-31(28)29)23(5-6-23)21(27)26(22(30)24-2)20-16-8-14-7-15(10-16)11-17(20)9-14/h3-4,12,14-17,20H,5-11H2,1-2H3,(H,24,30). The minimum absolute atomic E-state index is 0.0716. The second-order valence-corrected chi connectivity index (χ2v) is 11.0. The van der Waals surface area contributed by atoms with Crippen LogP contribution < -0.4 is 5.32 Å². The van der Waals surface area contributed by atoms with Gasteiger partial charge in [0, 0.05) is 13.1 Å². The molecule has 166 valence electrons. The summed E-state index contributed by atoms with van der Waals surface area (Å²) in [6.07, 6.45) is 7.72. The van der Waals surface area contributed by atoms with Crippen molar-refractivity contribution in [2.75, 3.05) is 7.05 Å². The lowest BCUT2D eigenvalue weighted by Gasteiger charge is -2.57. The highest BCUT2D eigenvalue weighted by molar-refractivity contribution is 7.80.